The Bertz CT molecular complexity index is 816. The van der Waals surface area contributed by atoms with Gasteiger partial charge in [0.1, 0.15) is 6.61 Å². The number of carbonyl (C=O) groups is 1. The number of alkyl halides is 2. The van der Waals surface area contributed by atoms with Crippen LogP contribution in [0.5, 0.6) is 0 Å². The molecule has 1 aromatic rings. The van der Waals surface area contributed by atoms with Crippen LogP contribution in [0, 0.1) is 17.3 Å². The molecule has 6 nitrogen and oxygen atoms in total. The number of ether oxygens (including phenoxy) is 1. The monoisotopic (exact) mass is 450 g/mol. The van der Waals surface area contributed by atoms with Gasteiger partial charge in [0.2, 0.25) is 0 Å². The summed E-state index contributed by atoms with van der Waals surface area (Å²) in [5, 5.41) is 10.5. The lowest BCUT2D eigenvalue weighted by Gasteiger charge is -2.59. The molecule has 10 heteroatoms. The lowest BCUT2D eigenvalue weighted by molar-refractivity contribution is -0.176. The number of benzene rings is 1. The first-order valence-electron chi connectivity index (χ1n) is 9.36. The highest BCUT2D eigenvalue weighted by Gasteiger charge is 2.57. The average molecular weight is 451 g/mol. The van der Waals surface area contributed by atoms with Crippen molar-refractivity contribution >= 4 is 28.9 Å². The molecule has 0 saturated heterocycles. The highest BCUT2D eigenvalue weighted by Crippen LogP contribution is 2.61. The van der Waals surface area contributed by atoms with Crippen LogP contribution < -0.4 is 0 Å². The molecule has 0 amide bonds. The van der Waals surface area contributed by atoms with Crippen molar-refractivity contribution in [3.8, 4) is 0 Å². The van der Waals surface area contributed by atoms with Gasteiger partial charge in [-0.15, -0.1) is 12.6 Å². The van der Waals surface area contributed by atoms with Crippen molar-refractivity contribution in [1.82, 2.24) is 0 Å². The SMILES string of the molecule is O=C(OCC12CC3CC(CC(O)(C3)C1)C2)OS(=O)(=O)C(F)F.Sc1ccccc1. The molecule has 0 heterocycles. The second-order valence-corrected chi connectivity index (χ2v) is 10.4. The summed E-state index contributed by atoms with van der Waals surface area (Å²) in [5.41, 5.74) is -1.14. The summed E-state index contributed by atoms with van der Waals surface area (Å²) in [5.74, 6) is -3.05. The molecule has 2 unspecified atom stereocenters. The van der Waals surface area contributed by atoms with Crippen LogP contribution in [-0.2, 0) is 19.0 Å². The Labute approximate surface area is 174 Å². The van der Waals surface area contributed by atoms with Gasteiger partial charge in [-0.1, -0.05) is 18.2 Å². The quantitative estimate of drug-likeness (QED) is 0.410. The third-order valence-corrected chi connectivity index (χ3v) is 6.91. The molecule has 29 heavy (non-hydrogen) atoms. The highest BCUT2D eigenvalue weighted by molar-refractivity contribution is 7.87. The summed E-state index contributed by atoms with van der Waals surface area (Å²) in [6.45, 7) is -0.111. The van der Waals surface area contributed by atoms with E-state index in [0.29, 0.717) is 18.3 Å². The average Bonchev–Trinajstić information content (AvgIpc) is 2.59. The molecule has 1 aromatic carbocycles. The van der Waals surface area contributed by atoms with Gasteiger partial charge in [0.15, 0.2) is 0 Å². The van der Waals surface area contributed by atoms with Gasteiger partial charge in [-0.2, -0.15) is 17.2 Å². The molecule has 2 atom stereocenters. The fourth-order valence-electron chi connectivity index (χ4n) is 5.37. The fraction of sp³-hybridized carbons (Fsp3) is 0.632. The summed E-state index contributed by atoms with van der Waals surface area (Å²) in [6, 6.07) is 9.79. The zero-order chi connectivity index (χ0) is 21.3. The first-order chi connectivity index (χ1) is 13.5. The van der Waals surface area contributed by atoms with Gasteiger partial charge in [0.25, 0.3) is 0 Å². The molecule has 5 rings (SSSR count). The Kier molecular flexibility index (Phi) is 6.45. The molecule has 0 aliphatic heterocycles. The van der Waals surface area contributed by atoms with Crippen LogP contribution in [0.4, 0.5) is 13.6 Å². The van der Waals surface area contributed by atoms with Crippen LogP contribution >= 0.6 is 12.6 Å². The molecule has 1 N–H and O–H groups in total. The predicted octanol–water partition coefficient (Wildman–Crippen LogP) is 4.00. The Hall–Kier alpha value is -1.39. The normalized spacial score (nSPS) is 32.4. The van der Waals surface area contributed by atoms with Crippen molar-refractivity contribution in [3.05, 3.63) is 30.3 Å². The third kappa shape index (κ3) is 5.61. The number of aliphatic hydroxyl groups is 1. The van der Waals surface area contributed by atoms with E-state index in [-0.39, 0.29) is 6.61 Å². The zero-order valence-corrected chi connectivity index (χ0v) is 17.4. The van der Waals surface area contributed by atoms with Crippen molar-refractivity contribution in [2.24, 2.45) is 17.3 Å². The number of hydrogen-bond donors (Lipinski definition) is 2. The lowest BCUT2D eigenvalue weighted by Crippen LogP contribution is -2.57. The van der Waals surface area contributed by atoms with E-state index >= 15 is 0 Å². The van der Waals surface area contributed by atoms with Crippen molar-refractivity contribution in [3.63, 3.8) is 0 Å². The van der Waals surface area contributed by atoms with Crippen LogP contribution in [0.15, 0.2) is 35.2 Å². The largest absolute Gasteiger partial charge is 0.524 e. The van der Waals surface area contributed by atoms with Crippen LogP contribution in [0.2, 0.25) is 0 Å². The van der Waals surface area contributed by atoms with Crippen LogP contribution in [0.1, 0.15) is 38.5 Å². The second-order valence-electron chi connectivity index (χ2n) is 8.40. The zero-order valence-electron chi connectivity index (χ0n) is 15.7. The van der Waals surface area contributed by atoms with E-state index in [4.69, 9.17) is 4.74 Å². The number of rotatable bonds is 4. The number of hydrogen-bond acceptors (Lipinski definition) is 7. The molecule has 4 aliphatic rings. The van der Waals surface area contributed by atoms with Crippen molar-refractivity contribution < 1.29 is 36.0 Å². The Morgan fingerprint density at radius 3 is 2.21 bits per heavy atom. The minimum Gasteiger partial charge on any atom is -0.433 e. The first-order valence-corrected chi connectivity index (χ1v) is 11.3. The lowest BCUT2D eigenvalue weighted by atomic mass is 9.48. The van der Waals surface area contributed by atoms with E-state index in [1.807, 2.05) is 30.3 Å². The minimum atomic E-state index is -5.24. The topological polar surface area (TPSA) is 89.9 Å². The number of halogens is 2. The summed E-state index contributed by atoms with van der Waals surface area (Å²) in [4.78, 5) is 12.3. The molecule has 162 valence electrons. The second kappa shape index (κ2) is 8.39. The molecule has 4 bridgehead atoms. The number of thiol groups is 1. The summed E-state index contributed by atoms with van der Waals surface area (Å²) >= 11 is 4.08. The summed E-state index contributed by atoms with van der Waals surface area (Å²) in [7, 11) is -5.24. The Morgan fingerprint density at radius 1 is 1.17 bits per heavy atom. The Balaban J connectivity index is 0.000000290. The van der Waals surface area contributed by atoms with E-state index < -0.39 is 33.0 Å². The van der Waals surface area contributed by atoms with Gasteiger partial charge in [-0.05, 0) is 62.5 Å². The van der Waals surface area contributed by atoms with Crippen molar-refractivity contribution in [1.29, 1.82) is 0 Å². The maximum atomic E-state index is 12.1. The fourth-order valence-corrected chi connectivity index (χ4v) is 5.85. The smallest absolute Gasteiger partial charge is 0.433 e. The van der Waals surface area contributed by atoms with Gasteiger partial charge in [-0.3, -0.25) is 0 Å². The molecule has 4 aliphatic carbocycles. The summed E-state index contributed by atoms with van der Waals surface area (Å²) < 4.78 is 54.3. The first kappa shape index (κ1) is 22.3. The van der Waals surface area contributed by atoms with Gasteiger partial charge < -0.3 is 14.0 Å². The standard InChI is InChI=1S/C13H18F2O6S.C6H6S/c14-10(15)22(18,19)21-11(16)20-7-12-2-8-1-9(3-12)5-13(17,4-8)6-12;7-6-4-2-1-3-5-6/h8-10,17H,1-7H2;1-5,7H. The van der Waals surface area contributed by atoms with E-state index in [9.17, 15) is 27.1 Å². The predicted molar refractivity (Wildman–Crippen MR) is 103 cm³/mol. The van der Waals surface area contributed by atoms with Gasteiger partial charge in [-0.25, -0.2) is 4.79 Å². The molecule has 0 aromatic heterocycles. The van der Waals surface area contributed by atoms with Gasteiger partial charge in [0, 0.05) is 10.3 Å². The van der Waals surface area contributed by atoms with Crippen LogP contribution in [0.3, 0.4) is 0 Å². The van der Waals surface area contributed by atoms with E-state index in [2.05, 4.69) is 16.8 Å². The molecule has 4 fully saturated rings. The van der Waals surface area contributed by atoms with Crippen LogP contribution in [-0.4, -0.2) is 37.6 Å². The maximum absolute atomic E-state index is 12.1. The van der Waals surface area contributed by atoms with Crippen molar-refractivity contribution in [2.45, 2.75) is 54.8 Å². The molecular formula is C19H24F2O6S2. The highest BCUT2D eigenvalue weighted by atomic mass is 32.2. The van der Waals surface area contributed by atoms with Crippen LogP contribution in [0.25, 0.3) is 0 Å². The van der Waals surface area contributed by atoms with E-state index in [0.717, 1.165) is 37.0 Å². The third-order valence-electron chi connectivity index (χ3n) is 5.81. The molecule has 0 radical (unpaired) electrons. The minimum absolute atomic E-state index is 0.111. The van der Waals surface area contributed by atoms with Gasteiger partial charge in [0.05, 0.1) is 5.60 Å². The molecule has 0 spiro atoms. The Morgan fingerprint density at radius 2 is 1.76 bits per heavy atom. The van der Waals surface area contributed by atoms with Crippen molar-refractivity contribution in [2.75, 3.05) is 6.61 Å². The number of carbonyl (C=O) groups excluding carboxylic acids is 1. The molecule has 4 saturated carbocycles. The van der Waals surface area contributed by atoms with Gasteiger partial charge >= 0.3 is 22.0 Å². The van der Waals surface area contributed by atoms with E-state index in [1.54, 1.807) is 0 Å². The van der Waals surface area contributed by atoms with E-state index in [1.165, 1.54) is 0 Å². The molecular weight excluding hydrogens is 426 g/mol. The summed E-state index contributed by atoms with van der Waals surface area (Å²) in [6.07, 6.45) is 2.98. The maximum Gasteiger partial charge on any atom is 0.524 e.